The van der Waals surface area contributed by atoms with E-state index in [0.29, 0.717) is 35.2 Å². The Balaban J connectivity index is 2.51. The van der Waals surface area contributed by atoms with Crippen LogP contribution in [0.25, 0.3) is 0 Å². The maximum atomic E-state index is 11.4. The Morgan fingerprint density at radius 3 is 2.52 bits per heavy atom. The molecule has 2 heterocycles. The highest BCUT2D eigenvalue weighted by molar-refractivity contribution is 8.03. The van der Waals surface area contributed by atoms with Crippen molar-refractivity contribution in [2.75, 3.05) is 18.0 Å². The number of thioether (sulfide) groups is 1. The van der Waals surface area contributed by atoms with Crippen LogP contribution in [0, 0.1) is 39.5 Å². The molecule has 1 saturated heterocycles. The molecule has 0 unspecified atom stereocenters. The highest BCUT2D eigenvalue weighted by atomic mass is 32.2. The normalized spacial score (nSPS) is 21.9. The van der Waals surface area contributed by atoms with Gasteiger partial charge in [0.1, 0.15) is 11.2 Å². The highest BCUT2D eigenvalue weighted by Gasteiger charge is 2.32. The molecule has 1 aromatic heterocycles. The number of nitro groups is 1. The van der Waals surface area contributed by atoms with Crippen molar-refractivity contribution >= 4 is 23.3 Å². The number of piperidine rings is 1. The molecule has 0 spiro atoms. The lowest BCUT2D eigenvalue weighted by molar-refractivity contribution is -0.387. The van der Waals surface area contributed by atoms with Crippen LogP contribution < -0.4 is 4.90 Å². The van der Waals surface area contributed by atoms with E-state index in [1.165, 1.54) is 0 Å². The third-order valence-electron chi connectivity index (χ3n) is 3.44. The van der Waals surface area contributed by atoms with E-state index in [2.05, 4.69) is 23.8 Å². The van der Waals surface area contributed by atoms with Crippen LogP contribution in [0.1, 0.15) is 26.1 Å². The number of nitrogens with zero attached hydrogens (tertiary/aromatic N) is 5. The van der Waals surface area contributed by atoms with Crippen LogP contribution in [-0.4, -0.2) is 28.0 Å². The second-order valence-corrected chi connectivity index (χ2v) is 6.32. The number of hydrogen-bond acceptors (Lipinski definition) is 7. The number of aryl methyl sites for hydroxylation is 1. The van der Waals surface area contributed by atoms with Gasteiger partial charge in [0.25, 0.3) is 0 Å². The summed E-state index contributed by atoms with van der Waals surface area (Å²) in [5.74, 6) is 1.69. The first-order chi connectivity index (χ1) is 9.92. The van der Waals surface area contributed by atoms with Crippen LogP contribution in [-0.2, 0) is 0 Å². The van der Waals surface area contributed by atoms with Crippen molar-refractivity contribution in [2.24, 2.45) is 11.8 Å². The molecule has 1 aliphatic rings. The topological polar surface area (TPSA) is 95.9 Å². The number of rotatable bonds is 3. The Hall–Kier alpha value is -1.88. The van der Waals surface area contributed by atoms with Crippen LogP contribution in [0.15, 0.2) is 5.03 Å². The number of aromatic nitrogens is 2. The standard InChI is InChI=1S/C13H17N5O2S/c1-8-4-9(2)6-17(5-8)12-11(18(19)20)13(21-7-14)16-10(3)15-12/h8-9H,4-6H2,1-3H3/t8-,9-/m0/s1. The van der Waals surface area contributed by atoms with Gasteiger partial charge in [0.05, 0.1) is 4.92 Å². The first-order valence-electron chi connectivity index (χ1n) is 6.76. The minimum atomic E-state index is -0.488. The van der Waals surface area contributed by atoms with Gasteiger partial charge in [-0.25, -0.2) is 9.97 Å². The lowest BCUT2D eigenvalue weighted by Gasteiger charge is -2.35. The molecule has 0 aliphatic carbocycles. The van der Waals surface area contributed by atoms with Crippen LogP contribution in [0.3, 0.4) is 0 Å². The van der Waals surface area contributed by atoms with Crippen LogP contribution in [0.5, 0.6) is 0 Å². The molecule has 7 nitrogen and oxygen atoms in total. The van der Waals surface area contributed by atoms with E-state index in [4.69, 9.17) is 5.26 Å². The molecule has 1 fully saturated rings. The van der Waals surface area contributed by atoms with E-state index in [9.17, 15) is 10.1 Å². The summed E-state index contributed by atoms with van der Waals surface area (Å²) in [4.78, 5) is 21.2. The summed E-state index contributed by atoms with van der Waals surface area (Å²) in [5, 5.41) is 22.2. The van der Waals surface area contributed by atoms with Crippen molar-refractivity contribution < 1.29 is 4.92 Å². The van der Waals surface area contributed by atoms with Gasteiger partial charge in [-0.1, -0.05) is 13.8 Å². The third-order valence-corrected chi connectivity index (χ3v) is 4.01. The largest absolute Gasteiger partial charge is 0.350 e. The van der Waals surface area contributed by atoms with Crippen molar-refractivity contribution in [2.45, 2.75) is 32.2 Å². The van der Waals surface area contributed by atoms with Crippen LogP contribution >= 0.6 is 11.8 Å². The lowest BCUT2D eigenvalue weighted by Crippen LogP contribution is -2.39. The maximum absolute atomic E-state index is 11.4. The molecule has 0 saturated carbocycles. The fourth-order valence-corrected chi connectivity index (χ4v) is 3.38. The van der Waals surface area contributed by atoms with Crippen molar-refractivity contribution in [1.82, 2.24) is 9.97 Å². The summed E-state index contributed by atoms with van der Waals surface area (Å²) in [6, 6.07) is 0. The molecule has 1 aromatic rings. The summed E-state index contributed by atoms with van der Waals surface area (Å²) in [7, 11) is 0. The Morgan fingerprint density at radius 2 is 2.00 bits per heavy atom. The third kappa shape index (κ3) is 3.42. The lowest BCUT2D eigenvalue weighted by atomic mass is 9.92. The Morgan fingerprint density at radius 1 is 1.38 bits per heavy atom. The molecular formula is C13H17N5O2S. The van der Waals surface area contributed by atoms with Gasteiger partial charge in [0.2, 0.25) is 5.82 Å². The summed E-state index contributed by atoms with van der Waals surface area (Å²) in [6.07, 6.45) is 1.11. The van der Waals surface area contributed by atoms with E-state index in [0.717, 1.165) is 19.5 Å². The predicted molar refractivity (Wildman–Crippen MR) is 80.1 cm³/mol. The van der Waals surface area contributed by atoms with Crippen LogP contribution in [0.2, 0.25) is 0 Å². The number of thiocyanates is 1. The summed E-state index contributed by atoms with van der Waals surface area (Å²) < 4.78 is 0. The van der Waals surface area contributed by atoms with Gasteiger partial charge < -0.3 is 4.90 Å². The zero-order chi connectivity index (χ0) is 15.6. The van der Waals surface area contributed by atoms with Crippen molar-refractivity contribution in [3.63, 3.8) is 0 Å². The fraction of sp³-hybridized carbons (Fsp3) is 0.615. The van der Waals surface area contributed by atoms with Gasteiger partial charge in [0.15, 0.2) is 5.03 Å². The minimum Gasteiger partial charge on any atom is -0.350 e. The highest BCUT2D eigenvalue weighted by Crippen LogP contribution is 2.37. The molecule has 0 radical (unpaired) electrons. The van der Waals surface area contributed by atoms with Gasteiger partial charge >= 0.3 is 5.69 Å². The van der Waals surface area contributed by atoms with Gasteiger partial charge in [-0.3, -0.25) is 10.1 Å². The molecule has 2 atom stereocenters. The Kier molecular flexibility index (Phi) is 4.63. The molecule has 112 valence electrons. The zero-order valence-electron chi connectivity index (χ0n) is 12.2. The molecule has 0 amide bonds. The number of anilines is 1. The average molecular weight is 307 g/mol. The van der Waals surface area contributed by atoms with Crippen molar-refractivity contribution in [3.05, 3.63) is 15.9 Å². The summed E-state index contributed by atoms with van der Waals surface area (Å²) >= 11 is 0.710. The van der Waals surface area contributed by atoms with E-state index in [-0.39, 0.29) is 10.7 Å². The average Bonchev–Trinajstić information content (AvgIpc) is 2.36. The fourth-order valence-electron chi connectivity index (χ4n) is 2.86. The smallest absolute Gasteiger partial charge is 0.344 e. The van der Waals surface area contributed by atoms with Crippen molar-refractivity contribution in [1.29, 1.82) is 5.26 Å². The number of hydrogen-bond donors (Lipinski definition) is 0. The minimum absolute atomic E-state index is 0.121. The first kappa shape index (κ1) is 15.5. The second kappa shape index (κ2) is 6.26. The van der Waals surface area contributed by atoms with Gasteiger partial charge in [0, 0.05) is 24.9 Å². The molecule has 1 aliphatic heterocycles. The quantitative estimate of drug-likeness (QED) is 0.278. The Labute approximate surface area is 127 Å². The predicted octanol–water partition coefficient (Wildman–Crippen LogP) is 2.75. The molecule has 21 heavy (non-hydrogen) atoms. The van der Waals surface area contributed by atoms with E-state index >= 15 is 0 Å². The molecule has 8 heteroatoms. The zero-order valence-corrected chi connectivity index (χ0v) is 13.1. The first-order valence-corrected chi connectivity index (χ1v) is 7.58. The van der Waals surface area contributed by atoms with Crippen LogP contribution in [0.4, 0.5) is 11.5 Å². The summed E-state index contributed by atoms with van der Waals surface area (Å²) in [5.41, 5.74) is -0.159. The van der Waals surface area contributed by atoms with E-state index in [1.54, 1.807) is 6.92 Å². The summed E-state index contributed by atoms with van der Waals surface area (Å²) in [6.45, 7) is 7.42. The molecule has 2 rings (SSSR count). The molecule has 0 N–H and O–H groups in total. The van der Waals surface area contributed by atoms with Gasteiger partial charge in [-0.15, -0.1) is 0 Å². The maximum Gasteiger partial charge on any atom is 0.344 e. The molecule has 0 bridgehead atoms. The SMILES string of the molecule is Cc1nc(SC#N)c([N+](=O)[O-])c(N2C[C@@H](C)C[C@H](C)C2)n1. The monoisotopic (exact) mass is 307 g/mol. The molecule has 0 aromatic carbocycles. The Bertz CT molecular complexity index is 591. The number of nitriles is 1. The molecular weight excluding hydrogens is 290 g/mol. The van der Waals surface area contributed by atoms with E-state index < -0.39 is 4.92 Å². The van der Waals surface area contributed by atoms with E-state index in [1.807, 2.05) is 10.3 Å². The van der Waals surface area contributed by atoms with Crippen molar-refractivity contribution in [3.8, 4) is 5.40 Å². The van der Waals surface area contributed by atoms with Gasteiger partial charge in [-0.2, -0.15) is 5.26 Å². The second-order valence-electron chi connectivity index (χ2n) is 5.55. The van der Waals surface area contributed by atoms with Gasteiger partial charge in [-0.05, 0) is 25.2 Å².